The van der Waals surface area contributed by atoms with Crippen LogP contribution in [0.5, 0.6) is 0 Å². The maximum Gasteiger partial charge on any atom is 0.342 e. The lowest BCUT2D eigenvalue weighted by Crippen LogP contribution is -2.88. The van der Waals surface area contributed by atoms with Crippen LogP contribution in [-0.2, 0) is 71.4 Å². The van der Waals surface area contributed by atoms with Crippen LogP contribution in [-0.4, -0.2) is 125 Å². The van der Waals surface area contributed by atoms with Gasteiger partial charge in [0.15, 0.2) is 22.6 Å². The molecule has 2 fully saturated rings. The molecule has 17 heteroatoms. The quantitative estimate of drug-likeness (QED) is 0.192. The van der Waals surface area contributed by atoms with Gasteiger partial charge in [0.2, 0.25) is 11.5 Å². The Bertz CT molecular complexity index is 1770. The van der Waals surface area contributed by atoms with E-state index in [0.29, 0.717) is 0 Å². The summed E-state index contributed by atoms with van der Waals surface area (Å²) in [5, 5.41) is 15.7. The van der Waals surface area contributed by atoms with Crippen LogP contribution >= 0.6 is 0 Å². The molecule has 0 aromatic heterocycles. The smallest absolute Gasteiger partial charge is 0.342 e. The highest BCUT2D eigenvalue weighted by Gasteiger charge is 2.83. The molecule has 0 aromatic carbocycles. The molecule has 0 saturated carbocycles. The fourth-order valence-corrected chi connectivity index (χ4v) is 8.47. The van der Waals surface area contributed by atoms with Crippen molar-refractivity contribution < 1.29 is 76.5 Å². The Labute approximate surface area is 368 Å². The zero-order valence-electron chi connectivity index (χ0n) is 41.7. The molecule has 2 N–H and O–H groups in total. The lowest BCUT2D eigenvalue weighted by Gasteiger charge is -2.69. The van der Waals surface area contributed by atoms with Crippen molar-refractivity contribution in [3.05, 3.63) is 0 Å². The molecular formula is C45H77NO16. The van der Waals surface area contributed by atoms with E-state index in [2.05, 4.69) is 5.32 Å². The van der Waals surface area contributed by atoms with Crippen molar-refractivity contribution in [2.75, 3.05) is 34.0 Å². The summed E-state index contributed by atoms with van der Waals surface area (Å²) in [6, 6.07) is 0. The van der Waals surface area contributed by atoms with Crippen molar-refractivity contribution >= 4 is 35.8 Å². The van der Waals surface area contributed by atoms with Gasteiger partial charge in [0.25, 0.3) is 0 Å². The number of nitrogens with one attached hydrogen (secondary N) is 1. The first-order chi connectivity index (χ1) is 27.4. The zero-order valence-corrected chi connectivity index (χ0v) is 41.7. The van der Waals surface area contributed by atoms with Gasteiger partial charge in [-0.15, -0.1) is 0 Å². The number of amides is 1. The number of rotatable bonds is 12. The molecule has 358 valence electrons. The lowest BCUT2D eigenvalue weighted by atomic mass is 9.52. The van der Waals surface area contributed by atoms with E-state index in [9.17, 15) is 33.9 Å². The summed E-state index contributed by atoms with van der Waals surface area (Å²) in [5.41, 5.74) is -21.8. The van der Waals surface area contributed by atoms with Gasteiger partial charge in [-0.1, -0.05) is 6.92 Å². The summed E-state index contributed by atoms with van der Waals surface area (Å²) in [6.45, 7) is 30.3. The normalized spacial score (nSPS) is 38.9. The summed E-state index contributed by atoms with van der Waals surface area (Å²) in [6.07, 6.45) is 0. The Morgan fingerprint density at radius 1 is 0.581 bits per heavy atom. The standard InChI is InChI=1S/C45H77NO16/c1-27(47)46-40(16)36(12,41(17,53)37(13,26-57-28(2)48)62-45(40,21)55-23)24-56-25-38(14)42(18,58-29(49)33(3,4)5)44(20,60-31(51)35(9,10)11)43(19,59-30(50)34(6,7)8)39(15,61-38)32(52)54-22/h53H,24-26H2,1-23H3,(H,46,47)/t36-,37?,38?,39?,40-,41-,42+,43+,44+,45?/m0/s1. The van der Waals surface area contributed by atoms with E-state index in [-0.39, 0.29) is 0 Å². The lowest BCUT2D eigenvalue weighted by molar-refractivity contribution is -0.420. The third kappa shape index (κ3) is 8.49. The van der Waals surface area contributed by atoms with Crippen LogP contribution in [0.25, 0.3) is 0 Å². The zero-order chi connectivity index (χ0) is 49.2. The molecule has 2 heterocycles. The van der Waals surface area contributed by atoms with Gasteiger partial charge in [0, 0.05) is 21.0 Å². The van der Waals surface area contributed by atoms with Crippen LogP contribution in [0.3, 0.4) is 0 Å². The Balaban J connectivity index is 3.17. The second-order valence-corrected chi connectivity index (χ2v) is 21.8. The van der Waals surface area contributed by atoms with Gasteiger partial charge in [0.1, 0.15) is 28.9 Å². The second-order valence-electron chi connectivity index (χ2n) is 21.8. The first-order valence-electron chi connectivity index (χ1n) is 20.8. The van der Waals surface area contributed by atoms with E-state index in [4.69, 9.17) is 42.6 Å². The van der Waals surface area contributed by atoms with E-state index < -0.39 is 128 Å². The predicted octanol–water partition coefficient (Wildman–Crippen LogP) is 5.13. The molecule has 10 atom stereocenters. The Hall–Kier alpha value is -3.38. The van der Waals surface area contributed by atoms with Gasteiger partial charge in [-0.05, 0) is 125 Å². The van der Waals surface area contributed by atoms with Gasteiger partial charge in [-0.2, -0.15) is 0 Å². The van der Waals surface area contributed by atoms with E-state index in [1.54, 1.807) is 83.1 Å². The van der Waals surface area contributed by atoms with Crippen molar-refractivity contribution in [1.82, 2.24) is 5.32 Å². The fourth-order valence-electron chi connectivity index (χ4n) is 8.47. The molecule has 0 aliphatic carbocycles. The number of hydrogen-bond donors (Lipinski definition) is 2. The van der Waals surface area contributed by atoms with Crippen molar-refractivity contribution in [2.45, 2.75) is 196 Å². The van der Waals surface area contributed by atoms with Gasteiger partial charge in [-0.3, -0.25) is 24.0 Å². The number of hydrogen-bond acceptors (Lipinski definition) is 16. The Morgan fingerprint density at radius 3 is 1.37 bits per heavy atom. The topological polar surface area (TPSA) is 218 Å². The highest BCUT2D eigenvalue weighted by atomic mass is 16.7. The molecule has 0 aromatic rings. The van der Waals surface area contributed by atoms with Crippen LogP contribution < -0.4 is 5.32 Å². The van der Waals surface area contributed by atoms with E-state index in [1.807, 2.05) is 0 Å². The van der Waals surface area contributed by atoms with E-state index in [0.717, 1.165) is 7.11 Å². The molecule has 2 aliphatic rings. The molecule has 4 unspecified atom stereocenters. The second kappa shape index (κ2) is 16.6. The van der Waals surface area contributed by atoms with Crippen molar-refractivity contribution in [2.24, 2.45) is 21.7 Å². The van der Waals surface area contributed by atoms with Crippen LogP contribution in [0.2, 0.25) is 0 Å². The average Bonchev–Trinajstić information content (AvgIpc) is 3.10. The van der Waals surface area contributed by atoms with Crippen molar-refractivity contribution in [3.8, 4) is 0 Å². The number of carbonyl (C=O) groups excluding carboxylic acids is 6. The van der Waals surface area contributed by atoms with Crippen LogP contribution in [0.1, 0.15) is 145 Å². The molecule has 17 nitrogen and oxygen atoms in total. The van der Waals surface area contributed by atoms with E-state index >= 15 is 0 Å². The summed E-state index contributed by atoms with van der Waals surface area (Å²) >= 11 is 0. The minimum atomic E-state index is -2.34. The van der Waals surface area contributed by atoms with Gasteiger partial charge < -0.3 is 53.1 Å². The number of methoxy groups -OCH3 is 2. The van der Waals surface area contributed by atoms with Crippen LogP contribution in [0.15, 0.2) is 0 Å². The maximum absolute atomic E-state index is 14.4. The molecular weight excluding hydrogens is 810 g/mol. The summed E-state index contributed by atoms with van der Waals surface area (Å²) < 4.78 is 56.3. The SMILES string of the molecule is COC(=O)C1(C)OC(C)(COC[C@]2(C)[C@](C)(O)C(C)(COC(C)=O)OC(C)(OC)[C@@]2(C)NC(C)=O)[C@@](C)(OC(=O)C(C)(C)C)[C@@](C)(OC(=O)C(C)(C)C)[C@]1(C)OC(=O)C(C)(C)C. The molecule has 1 amide bonds. The highest BCUT2D eigenvalue weighted by Crippen LogP contribution is 2.62. The maximum atomic E-state index is 14.4. The first kappa shape index (κ1) is 54.8. The third-order valence-electron chi connectivity index (χ3n) is 14.1. The highest BCUT2D eigenvalue weighted by molar-refractivity contribution is 5.85. The molecule has 2 rings (SSSR count). The molecule has 2 saturated heterocycles. The largest absolute Gasteiger partial charge is 0.467 e. The monoisotopic (exact) mass is 888 g/mol. The molecule has 0 bridgehead atoms. The molecule has 0 spiro atoms. The van der Waals surface area contributed by atoms with E-state index in [1.165, 1.54) is 69.4 Å². The molecule has 0 radical (unpaired) electrons. The summed E-state index contributed by atoms with van der Waals surface area (Å²) in [5.74, 6) is -6.32. The third-order valence-corrected chi connectivity index (χ3v) is 14.1. The van der Waals surface area contributed by atoms with Gasteiger partial charge >= 0.3 is 29.8 Å². The number of esters is 5. The van der Waals surface area contributed by atoms with Crippen molar-refractivity contribution in [3.63, 3.8) is 0 Å². The first-order valence-corrected chi connectivity index (χ1v) is 20.8. The Morgan fingerprint density at radius 2 is 1.00 bits per heavy atom. The number of carbonyl (C=O) groups is 6. The predicted molar refractivity (Wildman–Crippen MR) is 225 cm³/mol. The number of ether oxygens (including phenoxy) is 9. The fraction of sp³-hybridized carbons (Fsp3) is 0.867. The minimum Gasteiger partial charge on any atom is -0.467 e. The summed E-state index contributed by atoms with van der Waals surface area (Å²) in [7, 11) is 2.47. The van der Waals surface area contributed by atoms with Crippen LogP contribution in [0, 0.1) is 21.7 Å². The molecule has 2 aliphatic heterocycles. The average molecular weight is 888 g/mol. The Kier molecular flexibility index (Phi) is 14.6. The molecule has 62 heavy (non-hydrogen) atoms. The van der Waals surface area contributed by atoms with Crippen LogP contribution in [0.4, 0.5) is 0 Å². The minimum absolute atomic E-state index is 0.442. The van der Waals surface area contributed by atoms with Gasteiger partial charge in [0.05, 0.1) is 42.0 Å². The van der Waals surface area contributed by atoms with Gasteiger partial charge in [-0.25, -0.2) is 4.79 Å². The van der Waals surface area contributed by atoms with Crippen molar-refractivity contribution in [1.29, 1.82) is 0 Å². The number of aliphatic hydroxyl groups is 1. The summed E-state index contributed by atoms with van der Waals surface area (Å²) in [4.78, 5) is 82.1.